The summed E-state index contributed by atoms with van der Waals surface area (Å²) in [6.07, 6.45) is 1.55. The van der Waals surface area contributed by atoms with Crippen molar-refractivity contribution in [2.75, 3.05) is 7.11 Å². The summed E-state index contributed by atoms with van der Waals surface area (Å²) in [6, 6.07) is 16.6. The van der Waals surface area contributed by atoms with Crippen LogP contribution in [0.4, 0.5) is 0 Å². The predicted molar refractivity (Wildman–Crippen MR) is 126 cm³/mol. The quantitative estimate of drug-likeness (QED) is 0.258. The maximum Gasteiger partial charge on any atom is 0.363 e. The van der Waals surface area contributed by atoms with Gasteiger partial charge in [0.05, 0.1) is 12.7 Å². The van der Waals surface area contributed by atoms with Crippen molar-refractivity contribution < 1.29 is 23.8 Å². The number of methoxy groups -OCH3 is 1. The third-order valence-corrected chi connectivity index (χ3v) is 5.44. The van der Waals surface area contributed by atoms with Gasteiger partial charge in [0.2, 0.25) is 5.90 Å². The Morgan fingerprint density at radius 3 is 2.58 bits per heavy atom. The van der Waals surface area contributed by atoms with Crippen LogP contribution in [0.15, 0.2) is 71.4 Å². The van der Waals surface area contributed by atoms with Gasteiger partial charge in [-0.1, -0.05) is 41.4 Å². The Kier molecular flexibility index (Phi) is 6.49. The normalized spacial score (nSPS) is 14.1. The number of hydrogen-bond acceptors (Lipinski definition) is 6. The van der Waals surface area contributed by atoms with Crippen molar-refractivity contribution in [1.29, 1.82) is 0 Å². The highest BCUT2D eigenvalue weighted by Gasteiger charge is 2.24. The Morgan fingerprint density at radius 2 is 1.85 bits per heavy atom. The number of carbonyl (C=O) groups excluding carboxylic acids is 2. The molecule has 0 saturated carbocycles. The van der Waals surface area contributed by atoms with Crippen molar-refractivity contribution in [3.63, 3.8) is 0 Å². The Bertz CT molecular complexity index is 1330. The lowest BCUT2D eigenvalue weighted by molar-refractivity contribution is -0.129. The number of halogens is 2. The Hall–Kier alpha value is -3.61. The van der Waals surface area contributed by atoms with Crippen LogP contribution in [0.5, 0.6) is 11.5 Å². The van der Waals surface area contributed by atoms with E-state index in [4.69, 9.17) is 37.4 Å². The van der Waals surface area contributed by atoms with E-state index in [-0.39, 0.29) is 17.3 Å². The molecule has 6 nitrogen and oxygen atoms in total. The standard InChI is InChI=1S/C25H17Cl2NO5/c1-14-6-8-16(13-19(14)27)23-28-20(25(30)33-23)10-15-7-9-21(22(11-15)31-2)32-24(29)17-4-3-5-18(26)12-17/h3-13H,1-2H3. The number of nitrogens with zero attached hydrogens (tertiary/aromatic N) is 1. The number of hydrogen-bond donors (Lipinski definition) is 0. The zero-order valence-electron chi connectivity index (χ0n) is 17.6. The second kappa shape index (κ2) is 9.48. The molecule has 0 fully saturated rings. The van der Waals surface area contributed by atoms with Crippen LogP contribution >= 0.6 is 23.2 Å². The molecule has 166 valence electrons. The van der Waals surface area contributed by atoms with E-state index in [1.165, 1.54) is 13.2 Å². The zero-order valence-corrected chi connectivity index (χ0v) is 19.1. The SMILES string of the molecule is COc1cc(C=C2N=C(c3ccc(C)c(Cl)c3)OC2=O)ccc1OC(=O)c1cccc(Cl)c1. The minimum absolute atomic E-state index is 0.118. The number of carbonyl (C=O) groups is 2. The maximum atomic E-state index is 12.4. The van der Waals surface area contributed by atoms with Gasteiger partial charge in [-0.3, -0.25) is 0 Å². The molecule has 0 aromatic heterocycles. The van der Waals surface area contributed by atoms with Crippen molar-refractivity contribution in [2.45, 2.75) is 6.92 Å². The summed E-state index contributed by atoms with van der Waals surface area (Å²) in [5.41, 5.74) is 2.54. The number of benzene rings is 3. The van der Waals surface area contributed by atoms with Gasteiger partial charge < -0.3 is 14.2 Å². The molecule has 0 aliphatic carbocycles. The van der Waals surface area contributed by atoms with Crippen LogP contribution in [0.25, 0.3) is 6.08 Å². The summed E-state index contributed by atoms with van der Waals surface area (Å²) in [5.74, 6) is -0.464. The molecule has 0 atom stereocenters. The first-order chi connectivity index (χ1) is 15.8. The van der Waals surface area contributed by atoms with Gasteiger partial charge in [-0.25, -0.2) is 14.6 Å². The Labute approximate surface area is 200 Å². The van der Waals surface area contributed by atoms with Gasteiger partial charge in [-0.05, 0) is 66.6 Å². The monoisotopic (exact) mass is 481 g/mol. The van der Waals surface area contributed by atoms with Gasteiger partial charge in [-0.2, -0.15) is 0 Å². The number of aryl methyl sites for hydroxylation is 1. The van der Waals surface area contributed by atoms with Crippen LogP contribution in [0, 0.1) is 6.92 Å². The molecule has 8 heteroatoms. The lowest BCUT2D eigenvalue weighted by Gasteiger charge is -2.10. The topological polar surface area (TPSA) is 74.2 Å². The van der Waals surface area contributed by atoms with E-state index in [2.05, 4.69) is 4.99 Å². The Balaban J connectivity index is 1.58. The molecule has 0 amide bonds. The number of esters is 2. The lowest BCUT2D eigenvalue weighted by atomic mass is 10.1. The molecular weight excluding hydrogens is 465 g/mol. The molecular formula is C25H17Cl2NO5. The molecule has 0 spiro atoms. The summed E-state index contributed by atoms with van der Waals surface area (Å²) in [6.45, 7) is 1.88. The van der Waals surface area contributed by atoms with E-state index in [0.717, 1.165) is 5.56 Å². The van der Waals surface area contributed by atoms with Gasteiger partial charge >= 0.3 is 11.9 Å². The summed E-state index contributed by atoms with van der Waals surface area (Å²) in [5, 5.41) is 0.978. The second-order valence-corrected chi connectivity index (χ2v) is 7.95. The molecule has 4 rings (SSSR count). The first kappa shape index (κ1) is 22.6. The largest absolute Gasteiger partial charge is 0.493 e. The smallest absolute Gasteiger partial charge is 0.363 e. The van der Waals surface area contributed by atoms with E-state index < -0.39 is 11.9 Å². The molecule has 1 aliphatic heterocycles. The number of cyclic esters (lactones) is 1. The van der Waals surface area contributed by atoms with Gasteiger partial charge in [0.15, 0.2) is 17.2 Å². The first-order valence-electron chi connectivity index (χ1n) is 9.79. The third-order valence-electron chi connectivity index (χ3n) is 4.79. The molecule has 0 N–H and O–H groups in total. The number of ether oxygens (including phenoxy) is 3. The average molecular weight is 482 g/mol. The first-order valence-corrected chi connectivity index (χ1v) is 10.5. The molecule has 0 saturated heterocycles. The molecule has 3 aromatic rings. The van der Waals surface area contributed by atoms with Crippen molar-refractivity contribution in [1.82, 2.24) is 0 Å². The van der Waals surface area contributed by atoms with Gasteiger partial charge in [0.1, 0.15) is 0 Å². The number of rotatable bonds is 5. The highest BCUT2D eigenvalue weighted by Crippen LogP contribution is 2.31. The van der Waals surface area contributed by atoms with Crippen LogP contribution in [0.1, 0.15) is 27.0 Å². The third kappa shape index (κ3) is 5.08. The van der Waals surface area contributed by atoms with Crippen LogP contribution < -0.4 is 9.47 Å². The van der Waals surface area contributed by atoms with Gasteiger partial charge in [0, 0.05) is 15.6 Å². The highest BCUT2D eigenvalue weighted by molar-refractivity contribution is 6.32. The summed E-state index contributed by atoms with van der Waals surface area (Å²) < 4.78 is 16.1. The minimum Gasteiger partial charge on any atom is -0.493 e. The molecule has 1 heterocycles. The fraction of sp³-hybridized carbons (Fsp3) is 0.0800. The zero-order chi connectivity index (χ0) is 23.5. The predicted octanol–water partition coefficient (Wildman–Crippen LogP) is 5.87. The molecule has 0 radical (unpaired) electrons. The lowest BCUT2D eigenvalue weighted by Crippen LogP contribution is -2.09. The fourth-order valence-corrected chi connectivity index (χ4v) is 3.42. The van der Waals surface area contributed by atoms with Crippen LogP contribution in [0.2, 0.25) is 10.0 Å². The van der Waals surface area contributed by atoms with Crippen molar-refractivity contribution in [3.8, 4) is 11.5 Å². The number of aliphatic imine (C=N–C) groups is 1. The highest BCUT2D eigenvalue weighted by atomic mass is 35.5. The van der Waals surface area contributed by atoms with E-state index in [1.54, 1.807) is 54.6 Å². The summed E-state index contributed by atoms with van der Waals surface area (Å²) >= 11 is 12.1. The van der Waals surface area contributed by atoms with Crippen LogP contribution in [0.3, 0.4) is 0 Å². The van der Waals surface area contributed by atoms with E-state index in [1.807, 2.05) is 13.0 Å². The molecule has 33 heavy (non-hydrogen) atoms. The average Bonchev–Trinajstić information content (AvgIpc) is 3.16. The van der Waals surface area contributed by atoms with Crippen LogP contribution in [-0.4, -0.2) is 24.9 Å². The summed E-state index contributed by atoms with van der Waals surface area (Å²) in [4.78, 5) is 29.0. The van der Waals surface area contributed by atoms with E-state index >= 15 is 0 Å². The van der Waals surface area contributed by atoms with E-state index in [0.29, 0.717) is 32.5 Å². The minimum atomic E-state index is -0.586. The van der Waals surface area contributed by atoms with Crippen molar-refractivity contribution >= 4 is 47.1 Å². The van der Waals surface area contributed by atoms with Gasteiger partial charge in [-0.15, -0.1) is 0 Å². The molecule has 3 aromatic carbocycles. The molecule has 0 unspecified atom stereocenters. The fourth-order valence-electron chi connectivity index (χ4n) is 3.05. The Morgan fingerprint density at radius 1 is 1.03 bits per heavy atom. The molecule has 0 bridgehead atoms. The van der Waals surface area contributed by atoms with E-state index in [9.17, 15) is 9.59 Å². The summed E-state index contributed by atoms with van der Waals surface area (Å²) in [7, 11) is 1.45. The second-order valence-electron chi connectivity index (χ2n) is 7.11. The van der Waals surface area contributed by atoms with Crippen LogP contribution in [-0.2, 0) is 9.53 Å². The van der Waals surface area contributed by atoms with Crippen molar-refractivity contribution in [2.24, 2.45) is 4.99 Å². The van der Waals surface area contributed by atoms with Gasteiger partial charge in [0.25, 0.3) is 0 Å². The molecule has 1 aliphatic rings. The van der Waals surface area contributed by atoms with Crippen molar-refractivity contribution in [3.05, 3.63) is 98.7 Å². The maximum absolute atomic E-state index is 12.4.